The number of hydrogen-bond acceptors (Lipinski definition) is 1. The minimum absolute atomic E-state index is 0.150. The summed E-state index contributed by atoms with van der Waals surface area (Å²) in [6.07, 6.45) is 0. The van der Waals surface area contributed by atoms with Crippen LogP contribution in [-0.2, 0) is 10.8 Å². The van der Waals surface area contributed by atoms with Gasteiger partial charge in [-0.25, -0.2) is 0 Å². The van der Waals surface area contributed by atoms with Gasteiger partial charge in [0, 0.05) is 31.0 Å². The van der Waals surface area contributed by atoms with Gasteiger partial charge in [-0.3, -0.25) is 0 Å². The van der Waals surface area contributed by atoms with E-state index in [0.29, 0.717) is 0 Å². The molecule has 0 unspecified atom stereocenters. The molecule has 22 aromatic rings. The molecule has 1 heteroatoms. The third kappa shape index (κ3) is 9.69. The zero-order valence-electron chi connectivity index (χ0n) is 63.2. The van der Waals surface area contributed by atoms with Gasteiger partial charge < -0.3 is 0 Å². The van der Waals surface area contributed by atoms with Crippen LogP contribution in [0.15, 0.2) is 376 Å². The van der Waals surface area contributed by atoms with Crippen molar-refractivity contribution in [3.8, 4) is 89.0 Å². The standard InChI is InChI=1S/C57H38.C55H36S/c1-57(2)51-28-14-27-42(54(51)55-45-21-7-5-19-43(45)44-20-6-12-26-50(44)56(55)57)36-16-13-17-38(33-36)52-46-22-8-10-24-48(46)53(49-25-11-9-23-47(49)52)39-31-32-41-37(34-39)30-29-35-15-3-4-18-40(35)41;1-55(2)47-27-14-26-36(52(47)53-40-20-5-3-17-37(40)38-18-4-10-25-45(38)54(53)55)33-15-13-16-34(31-33)50-41-21-6-8-23-43(41)51(44-24-9-7-22-42(44)50)35-29-30-49-46(32-35)39-19-11-12-28-48(39)56-49/h3-34H,1-2H3;3-32H,1-2H3. The maximum absolute atomic E-state index is 2.45. The second-order valence-electron chi connectivity index (χ2n) is 32.3. The van der Waals surface area contributed by atoms with Gasteiger partial charge in [-0.05, 0) is 255 Å². The molecule has 528 valence electrons. The fraction of sp³-hybridized carbons (Fsp3) is 0.0536. The van der Waals surface area contributed by atoms with E-state index in [2.05, 4.69) is 404 Å². The minimum atomic E-state index is -0.153. The summed E-state index contributed by atoms with van der Waals surface area (Å²) in [7, 11) is 0. The van der Waals surface area contributed by atoms with Crippen LogP contribution in [0.5, 0.6) is 0 Å². The van der Waals surface area contributed by atoms with Crippen molar-refractivity contribution in [2.24, 2.45) is 0 Å². The van der Waals surface area contributed by atoms with Crippen molar-refractivity contribution in [3.05, 3.63) is 398 Å². The lowest BCUT2D eigenvalue weighted by molar-refractivity contribution is 0.666. The Morgan fingerprint density at radius 1 is 0.168 bits per heavy atom. The lowest BCUT2D eigenvalue weighted by Gasteiger charge is -2.24. The van der Waals surface area contributed by atoms with Crippen molar-refractivity contribution in [2.45, 2.75) is 38.5 Å². The molecule has 0 amide bonds. The van der Waals surface area contributed by atoms with Crippen LogP contribution in [-0.4, -0.2) is 0 Å². The minimum Gasteiger partial charge on any atom is -0.135 e. The first kappa shape index (κ1) is 65.3. The van der Waals surface area contributed by atoms with E-state index in [-0.39, 0.29) is 10.8 Å². The molecule has 0 atom stereocenters. The van der Waals surface area contributed by atoms with Crippen molar-refractivity contribution < 1.29 is 0 Å². The summed E-state index contributed by atoms with van der Waals surface area (Å²) in [6, 6.07) is 141. The average Bonchev–Trinajstić information content (AvgIpc) is 1.57. The van der Waals surface area contributed by atoms with Gasteiger partial charge in [0.25, 0.3) is 0 Å². The fourth-order valence-corrected chi connectivity index (χ4v) is 21.9. The monoisotopic (exact) mass is 1450 g/mol. The third-order valence-electron chi connectivity index (χ3n) is 25.6. The van der Waals surface area contributed by atoms with Crippen molar-refractivity contribution >= 4 is 139 Å². The molecule has 113 heavy (non-hydrogen) atoms. The summed E-state index contributed by atoms with van der Waals surface area (Å²) in [6.45, 7) is 9.66. The SMILES string of the molecule is CC1(C)c2cccc(-c3cccc(-c4c5ccccc5c(-c5ccc6c(ccc7ccccc76)c5)c5ccccc45)c3)c2-c2c1c1ccccc1c1ccccc21.CC1(C)c2cccc(-c3cccc(-c4c5ccccc5c(-c5ccc6sc7ccccc7c6c5)c5ccccc45)c3)c2-c2c1c1ccccc1c1ccccc21. The first-order valence-electron chi connectivity index (χ1n) is 39.7. The van der Waals surface area contributed by atoms with Gasteiger partial charge >= 0.3 is 0 Å². The van der Waals surface area contributed by atoms with Gasteiger partial charge in [0.15, 0.2) is 0 Å². The number of fused-ring (bicyclic) bond motifs is 26. The topological polar surface area (TPSA) is 0 Å². The molecule has 0 spiro atoms. The molecule has 0 fully saturated rings. The molecule has 0 bridgehead atoms. The molecule has 0 saturated heterocycles. The largest absolute Gasteiger partial charge is 0.135 e. The molecule has 0 N–H and O–H groups in total. The van der Waals surface area contributed by atoms with Crippen LogP contribution in [0.4, 0.5) is 0 Å². The van der Waals surface area contributed by atoms with E-state index in [1.54, 1.807) is 0 Å². The molecule has 24 rings (SSSR count). The molecule has 1 heterocycles. The van der Waals surface area contributed by atoms with Gasteiger partial charge in [-0.15, -0.1) is 11.3 Å². The van der Waals surface area contributed by atoms with E-state index in [4.69, 9.17) is 0 Å². The van der Waals surface area contributed by atoms with E-state index in [1.165, 1.54) is 239 Å². The van der Waals surface area contributed by atoms with Crippen molar-refractivity contribution in [3.63, 3.8) is 0 Å². The third-order valence-corrected chi connectivity index (χ3v) is 26.7. The van der Waals surface area contributed by atoms with E-state index in [1.807, 2.05) is 11.3 Å². The normalized spacial score (nSPS) is 13.3. The lowest BCUT2D eigenvalue weighted by atomic mass is 9.79. The summed E-state index contributed by atoms with van der Waals surface area (Å²) in [5.41, 5.74) is 26.0. The lowest BCUT2D eigenvalue weighted by Crippen LogP contribution is -2.15. The van der Waals surface area contributed by atoms with Crippen LogP contribution in [0.2, 0.25) is 0 Å². The average molecular weight is 1450 g/mol. The molecular formula is C112H74S. The second-order valence-corrected chi connectivity index (χ2v) is 33.3. The Balaban J connectivity index is 0.000000134. The van der Waals surface area contributed by atoms with Gasteiger partial charge in [0.1, 0.15) is 0 Å². The fourth-order valence-electron chi connectivity index (χ4n) is 20.8. The van der Waals surface area contributed by atoms with Crippen LogP contribution in [0.3, 0.4) is 0 Å². The van der Waals surface area contributed by atoms with Crippen LogP contribution >= 0.6 is 11.3 Å². The molecule has 1 aromatic heterocycles. The molecule has 0 radical (unpaired) electrons. The summed E-state index contributed by atoms with van der Waals surface area (Å²) in [5.74, 6) is 0. The zero-order valence-corrected chi connectivity index (χ0v) is 64.0. The van der Waals surface area contributed by atoms with Crippen LogP contribution < -0.4 is 0 Å². The van der Waals surface area contributed by atoms with Gasteiger partial charge in [0.05, 0.1) is 0 Å². The predicted molar refractivity (Wildman–Crippen MR) is 489 cm³/mol. The van der Waals surface area contributed by atoms with E-state index >= 15 is 0 Å². The first-order chi connectivity index (χ1) is 55.6. The zero-order chi connectivity index (χ0) is 75.0. The Morgan fingerprint density at radius 2 is 0.469 bits per heavy atom. The maximum Gasteiger partial charge on any atom is 0.0355 e. The number of hydrogen-bond donors (Lipinski definition) is 0. The van der Waals surface area contributed by atoms with Gasteiger partial charge in [0.2, 0.25) is 0 Å². The molecule has 2 aliphatic rings. The van der Waals surface area contributed by atoms with E-state index < -0.39 is 0 Å². The molecular weight excluding hydrogens is 1380 g/mol. The molecule has 0 nitrogen and oxygen atoms in total. The van der Waals surface area contributed by atoms with Crippen LogP contribution in [0.25, 0.3) is 217 Å². The molecule has 2 aliphatic carbocycles. The molecule has 0 saturated carbocycles. The number of thiophene rings is 1. The highest BCUT2D eigenvalue weighted by atomic mass is 32.1. The number of rotatable bonds is 6. The highest BCUT2D eigenvalue weighted by Crippen LogP contribution is 2.60. The van der Waals surface area contributed by atoms with Crippen LogP contribution in [0, 0.1) is 0 Å². The Morgan fingerprint density at radius 3 is 0.912 bits per heavy atom. The summed E-state index contributed by atoms with van der Waals surface area (Å²) < 4.78 is 2.67. The Hall–Kier alpha value is -13.6. The second kappa shape index (κ2) is 25.0. The summed E-state index contributed by atoms with van der Waals surface area (Å²) in [5, 5.41) is 28.6. The van der Waals surface area contributed by atoms with Gasteiger partial charge in [-0.1, -0.05) is 367 Å². The smallest absolute Gasteiger partial charge is 0.0355 e. The van der Waals surface area contributed by atoms with E-state index in [0.717, 1.165) is 0 Å². The quantitative estimate of drug-likeness (QED) is 0.115. The summed E-state index contributed by atoms with van der Waals surface area (Å²) in [4.78, 5) is 0. The van der Waals surface area contributed by atoms with Crippen molar-refractivity contribution in [2.75, 3.05) is 0 Å². The van der Waals surface area contributed by atoms with Gasteiger partial charge in [-0.2, -0.15) is 0 Å². The first-order valence-corrected chi connectivity index (χ1v) is 40.5. The van der Waals surface area contributed by atoms with Crippen molar-refractivity contribution in [1.82, 2.24) is 0 Å². The molecule has 0 aliphatic heterocycles. The van der Waals surface area contributed by atoms with E-state index in [9.17, 15) is 0 Å². The Labute approximate surface area is 660 Å². The highest BCUT2D eigenvalue weighted by molar-refractivity contribution is 7.25. The van der Waals surface area contributed by atoms with Crippen molar-refractivity contribution in [1.29, 1.82) is 0 Å². The highest BCUT2D eigenvalue weighted by Gasteiger charge is 2.42. The Kier molecular flexibility index (Phi) is 14.4. The maximum atomic E-state index is 2.45. The summed E-state index contributed by atoms with van der Waals surface area (Å²) >= 11 is 1.88. The number of benzene rings is 21. The van der Waals surface area contributed by atoms with Crippen LogP contribution in [0.1, 0.15) is 49.9 Å². The predicted octanol–water partition coefficient (Wildman–Crippen LogP) is 31.9. The Bertz CT molecular complexity index is 7750. The molecule has 21 aromatic carbocycles.